The first-order chi connectivity index (χ1) is 17.9. The third kappa shape index (κ3) is 5.70. The molecule has 1 aliphatic heterocycles. The average Bonchev–Trinajstić information content (AvgIpc) is 3.74. The molecule has 2 aliphatic rings. The zero-order chi connectivity index (χ0) is 25.9. The summed E-state index contributed by atoms with van der Waals surface area (Å²) in [5, 5.41) is 12.0. The molecular weight excluding hydrogens is 460 g/mol. The minimum Gasteiger partial charge on any atom is -0.488 e. The normalized spacial score (nSPS) is 17.5. The summed E-state index contributed by atoms with van der Waals surface area (Å²) in [6, 6.07) is 23.4. The number of nitrogens with zero attached hydrogens (tertiary/aromatic N) is 1. The van der Waals surface area contributed by atoms with Crippen LogP contribution in [-0.2, 0) is 0 Å². The highest BCUT2D eigenvalue weighted by Crippen LogP contribution is 2.41. The van der Waals surface area contributed by atoms with Gasteiger partial charge in [0.1, 0.15) is 11.9 Å². The Balaban J connectivity index is 1.25. The maximum absolute atomic E-state index is 13.2. The van der Waals surface area contributed by atoms with Crippen LogP contribution < -0.4 is 15.8 Å². The fourth-order valence-corrected chi connectivity index (χ4v) is 4.91. The molecule has 3 aromatic carbocycles. The lowest BCUT2D eigenvalue weighted by atomic mass is 9.97. The number of ether oxygens (including phenoxy) is 1. The molecule has 5 rings (SSSR count). The highest BCUT2D eigenvalue weighted by atomic mass is 16.5. The van der Waals surface area contributed by atoms with Crippen molar-refractivity contribution >= 4 is 17.3 Å². The molecule has 6 heteroatoms. The van der Waals surface area contributed by atoms with E-state index in [9.17, 15) is 4.79 Å². The molecule has 1 saturated carbocycles. The second kappa shape index (κ2) is 10.8. The zero-order valence-electron chi connectivity index (χ0n) is 21.6. The minimum atomic E-state index is -0.148. The molecular formula is C31H36N4O2. The van der Waals surface area contributed by atoms with Crippen molar-refractivity contribution in [3.63, 3.8) is 0 Å². The molecule has 0 spiro atoms. The molecule has 192 valence electrons. The number of amides is 1. The van der Waals surface area contributed by atoms with Crippen LogP contribution in [0.4, 0.5) is 5.69 Å². The Morgan fingerprint density at radius 1 is 1.05 bits per heavy atom. The molecule has 0 radical (unpaired) electrons. The number of hydrogen-bond acceptors (Lipinski definition) is 5. The van der Waals surface area contributed by atoms with Crippen molar-refractivity contribution in [3.05, 3.63) is 95.1 Å². The monoisotopic (exact) mass is 496 g/mol. The van der Waals surface area contributed by atoms with Gasteiger partial charge in [-0.3, -0.25) is 15.1 Å². The van der Waals surface area contributed by atoms with Crippen LogP contribution in [0, 0.1) is 11.3 Å². The Bertz CT molecular complexity index is 1250. The van der Waals surface area contributed by atoms with Gasteiger partial charge in [0, 0.05) is 41.5 Å². The lowest BCUT2D eigenvalue weighted by molar-refractivity contribution is -0.00531. The van der Waals surface area contributed by atoms with Crippen LogP contribution in [0.25, 0.3) is 0 Å². The van der Waals surface area contributed by atoms with Gasteiger partial charge in [0.15, 0.2) is 0 Å². The van der Waals surface area contributed by atoms with Crippen molar-refractivity contribution in [2.24, 2.45) is 5.92 Å². The molecule has 1 saturated heterocycles. The predicted octanol–water partition coefficient (Wildman–Crippen LogP) is 5.43. The Kier molecular flexibility index (Phi) is 7.28. The number of hydrogen-bond donors (Lipinski definition) is 3. The molecule has 6 nitrogen and oxygen atoms in total. The number of anilines is 1. The first-order valence-corrected chi connectivity index (χ1v) is 13.3. The largest absolute Gasteiger partial charge is 0.488 e. The topological polar surface area (TPSA) is 91.4 Å². The van der Waals surface area contributed by atoms with E-state index in [2.05, 4.69) is 36.2 Å². The van der Waals surface area contributed by atoms with E-state index in [-0.39, 0.29) is 23.8 Å². The van der Waals surface area contributed by atoms with Crippen LogP contribution in [0.5, 0.6) is 5.75 Å². The molecule has 1 heterocycles. The number of rotatable bonds is 10. The molecule has 4 N–H and O–H groups in total. The van der Waals surface area contributed by atoms with Gasteiger partial charge < -0.3 is 15.8 Å². The molecule has 2 atom stereocenters. The van der Waals surface area contributed by atoms with Gasteiger partial charge >= 0.3 is 0 Å². The van der Waals surface area contributed by atoms with E-state index in [4.69, 9.17) is 15.9 Å². The van der Waals surface area contributed by atoms with E-state index >= 15 is 0 Å². The third-order valence-corrected chi connectivity index (χ3v) is 7.66. The SMILES string of the molecule is CCC(C)N1CC(Oc2ccc(C(=N)c3cc(C(=O)NC(c4ccccc4)C4CC4)ccc3N)cc2)C1. The van der Waals surface area contributed by atoms with Crippen molar-refractivity contribution in [3.8, 4) is 5.75 Å². The molecule has 2 fully saturated rings. The van der Waals surface area contributed by atoms with E-state index in [1.807, 2.05) is 42.5 Å². The predicted molar refractivity (Wildman–Crippen MR) is 148 cm³/mol. The number of carbonyl (C=O) groups is 1. The van der Waals surface area contributed by atoms with Gasteiger partial charge in [-0.15, -0.1) is 0 Å². The molecule has 1 amide bonds. The summed E-state index contributed by atoms with van der Waals surface area (Å²) in [5.41, 5.74) is 9.91. The molecule has 0 bridgehead atoms. The zero-order valence-corrected chi connectivity index (χ0v) is 21.6. The van der Waals surface area contributed by atoms with E-state index in [0.717, 1.165) is 49.2 Å². The van der Waals surface area contributed by atoms with Crippen LogP contribution in [0.15, 0.2) is 72.8 Å². The number of benzene rings is 3. The first kappa shape index (κ1) is 25.0. The van der Waals surface area contributed by atoms with E-state index in [1.54, 1.807) is 18.2 Å². The third-order valence-electron chi connectivity index (χ3n) is 7.66. The van der Waals surface area contributed by atoms with Gasteiger partial charge in [-0.05, 0) is 80.1 Å². The molecule has 37 heavy (non-hydrogen) atoms. The number of carbonyl (C=O) groups excluding carboxylic acids is 1. The van der Waals surface area contributed by atoms with Crippen molar-refractivity contribution in [2.45, 2.75) is 51.3 Å². The van der Waals surface area contributed by atoms with Crippen molar-refractivity contribution in [1.82, 2.24) is 10.2 Å². The average molecular weight is 497 g/mol. The molecule has 3 aromatic rings. The molecule has 1 aliphatic carbocycles. The van der Waals surface area contributed by atoms with Crippen LogP contribution in [-0.4, -0.2) is 41.8 Å². The van der Waals surface area contributed by atoms with Crippen LogP contribution in [0.2, 0.25) is 0 Å². The Labute approximate surface area is 219 Å². The second-order valence-electron chi connectivity index (χ2n) is 10.4. The Morgan fingerprint density at radius 3 is 2.38 bits per heavy atom. The lowest BCUT2D eigenvalue weighted by Gasteiger charge is -2.42. The fourth-order valence-electron chi connectivity index (χ4n) is 4.91. The lowest BCUT2D eigenvalue weighted by Crippen LogP contribution is -2.56. The second-order valence-corrected chi connectivity index (χ2v) is 10.4. The summed E-state index contributed by atoms with van der Waals surface area (Å²) >= 11 is 0. The number of likely N-dealkylation sites (tertiary alicyclic amines) is 1. The fraction of sp³-hybridized carbons (Fsp3) is 0.355. The van der Waals surface area contributed by atoms with Gasteiger partial charge in [-0.25, -0.2) is 0 Å². The van der Waals surface area contributed by atoms with Gasteiger partial charge in [0.25, 0.3) is 5.91 Å². The summed E-state index contributed by atoms with van der Waals surface area (Å²) < 4.78 is 6.10. The van der Waals surface area contributed by atoms with Gasteiger partial charge in [0.2, 0.25) is 0 Å². The minimum absolute atomic E-state index is 0.00497. The standard InChI is InChI=1S/C31H36N4O2/c1-3-20(2)35-18-26(19-35)37-25-14-11-21(12-15-25)29(33)27-17-24(13-16-28(27)32)31(36)34-30(23-9-10-23)22-7-5-4-6-8-22/h4-8,11-17,20,23,26,30,33H,3,9-10,18-19,32H2,1-2H3,(H,34,36). The van der Waals surface area contributed by atoms with Crippen molar-refractivity contribution in [2.75, 3.05) is 18.8 Å². The summed E-state index contributed by atoms with van der Waals surface area (Å²) in [5.74, 6) is 1.13. The Hall–Kier alpha value is -3.64. The van der Waals surface area contributed by atoms with Crippen LogP contribution >= 0.6 is 0 Å². The van der Waals surface area contributed by atoms with Gasteiger partial charge in [-0.2, -0.15) is 0 Å². The summed E-state index contributed by atoms with van der Waals surface area (Å²) in [6.07, 6.45) is 3.59. The highest BCUT2D eigenvalue weighted by Gasteiger charge is 2.34. The van der Waals surface area contributed by atoms with E-state index < -0.39 is 0 Å². The van der Waals surface area contributed by atoms with E-state index in [0.29, 0.717) is 28.8 Å². The maximum Gasteiger partial charge on any atom is 0.251 e. The van der Waals surface area contributed by atoms with Crippen molar-refractivity contribution in [1.29, 1.82) is 5.41 Å². The molecule has 2 unspecified atom stereocenters. The van der Waals surface area contributed by atoms with Crippen LogP contribution in [0.3, 0.4) is 0 Å². The quantitative estimate of drug-likeness (QED) is 0.258. The van der Waals surface area contributed by atoms with Gasteiger partial charge in [-0.1, -0.05) is 37.3 Å². The summed E-state index contributed by atoms with van der Waals surface area (Å²) in [4.78, 5) is 15.6. The first-order valence-electron chi connectivity index (χ1n) is 13.3. The maximum atomic E-state index is 13.2. The smallest absolute Gasteiger partial charge is 0.251 e. The number of nitrogens with one attached hydrogen (secondary N) is 2. The van der Waals surface area contributed by atoms with E-state index in [1.165, 1.54) is 0 Å². The van der Waals surface area contributed by atoms with Crippen molar-refractivity contribution < 1.29 is 9.53 Å². The number of nitrogen functional groups attached to an aromatic ring is 1. The molecule has 0 aromatic heterocycles. The van der Waals surface area contributed by atoms with Crippen LogP contribution in [0.1, 0.15) is 66.2 Å². The summed E-state index contributed by atoms with van der Waals surface area (Å²) in [6.45, 7) is 6.35. The van der Waals surface area contributed by atoms with Gasteiger partial charge in [0.05, 0.1) is 11.8 Å². The number of nitrogens with two attached hydrogens (primary N) is 1. The highest BCUT2D eigenvalue weighted by molar-refractivity contribution is 6.14. The summed E-state index contributed by atoms with van der Waals surface area (Å²) in [7, 11) is 0. The Morgan fingerprint density at radius 2 is 1.73 bits per heavy atom.